The number of carbonyl (C=O) groups is 1. The van der Waals surface area contributed by atoms with Gasteiger partial charge in [-0.25, -0.2) is 4.79 Å². The van der Waals surface area contributed by atoms with Crippen molar-refractivity contribution in [2.45, 2.75) is 37.2 Å². The summed E-state index contributed by atoms with van der Waals surface area (Å²) in [6, 6.07) is 11.1. The Bertz CT molecular complexity index is 1080. The van der Waals surface area contributed by atoms with Crippen molar-refractivity contribution in [1.82, 2.24) is 4.98 Å². The number of rotatable bonds is 3. The zero-order valence-corrected chi connectivity index (χ0v) is 16.3. The zero-order valence-electron chi connectivity index (χ0n) is 16.3. The molecule has 1 aromatic heterocycles. The number of ether oxygens (including phenoxy) is 1. The van der Waals surface area contributed by atoms with E-state index in [9.17, 15) is 26.3 Å². The number of aliphatic carboxylic acids is 1. The molecule has 1 saturated carbocycles. The molecule has 0 aliphatic heterocycles. The quantitative estimate of drug-likeness (QED) is 0.436. The van der Waals surface area contributed by atoms with Gasteiger partial charge < -0.3 is 20.6 Å². The number of hydrogen-bond donors (Lipinski definition) is 3. The molecule has 5 nitrogen and oxygen atoms in total. The second kappa shape index (κ2) is 8.64. The summed E-state index contributed by atoms with van der Waals surface area (Å²) in [5.41, 5.74) is 7.85. The molecule has 4 rings (SSSR count). The fourth-order valence-electron chi connectivity index (χ4n) is 3.27. The van der Waals surface area contributed by atoms with Gasteiger partial charge in [-0.15, -0.1) is 0 Å². The minimum absolute atomic E-state index is 0.0740. The largest absolute Gasteiger partial charge is 0.490 e. The highest BCUT2D eigenvalue weighted by molar-refractivity contribution is 5.92. The number of aromatic amines is 1. The van der Waals surface area contributed by atoms with Gasteiger partial charge in [0, 0.05) is 17.1 Å². The van der Waals surface area contributed by atoms with E-state index in [1.54, 1.807) is 18.3 Å². The molecular weight excluding hydrogens is 442 g/mol. The summed E-state index contributed by atoms with van der Waals surface area (Å²) in [6.07, 6.45) is -5.95. The van der Waals surface area contributed by atoms with Gasteiger partial charge in [-0.2, -0.15) is 26.3 Å². The molecule has 1 aliphatic carbocycles. The molecule has 0 radical (unpaired) electrons. The van der Waals surface area contributed by atoms with Crippen LogP contribution in [0.15, 0.2) is 48.7 Å². The number of alkyl halides is 6. The molecule has 0 saturated heterocycles. The van der Waals surface area contributed by atoms with E-state index in [0.29, 0.717) is 5.69 Å². The van der Waals surface area contributed by atoms with Crippen molar-refractivity contribution in [2.24, 2.45) is 0 Å². The van der Waals surface area contributed by atoms with Gasteiger partial charge in [-0.3, -0.25) is 0 Å². The first-order valence-corrected chi connectivity index (χ1v) is 9.35. The Labute approximate surface area is 177 Å². The average Bonchev–Trinajstić information content (AvgIpc) is 3.04. The molecule has 1 aliphatic rings. The van der Waals surface area contributed by atoms with E-state index in [2.05, 4.69) is 4.98 Å². The van der Waals surface area contributed by atoms with Crippen LogP contribution in [0.4, 0.5) is 32.0 Å². The predicted octanol–water partition coefficient (Wildman–Crippen LogP) is 5.73. The lowest BCUT2D eigenvalue weighted by molar-refractivity contribution is -0.192. The molecule has 2 aromatic carbocycles. The van der Waals surface area contributed by atoms with Gasteiger partial charge in [0.05, 0.1) is 17.4 Å². The van der Waals surface area contributed by atoms with Gasteiger partial charge in [-0.05, 0) is 54.7 Å². The smallest absolute Gasteiger partial charge is 0.490 e. The number of nitrogen functional groups attached to an aromatic ring is 1. The zero-order chi connectivity index (χ0) is 23.7. The molecule has 0 bridgehead atoms. The first-order chi connectivity index (χ1) is 14.8. The van der Waals surface area contributed by atoms with Crippen LogP contribution in [-0.2, 0) is 11.0 Å². The summed E-state index contributed by atoms with van der Waals surface area (Å²) < 4.78 is 75.5. The molecule has 1 heterocycles. The van der Waals surface area contributed by atoms with Crippen LogP contribution in [0, 0.1) is 0 Å². The van der Waals surface area contributed by atoms with E-state index < -0.39 is 23.9 Å². The van der Waals surface area contributed by atoms with E-state index in [4.69, 9.17) is 20.4 Å². The molecule has 4 N–H and O–H groups in total. The lowest BCUT2D eigenvalue weighted by atomic mass is 9.77. The Kier molecular flexibility index (Phi) is 6.29. The number of nitrogens with one attached hydrogen (secondary N) is 1. The highest BCUT2D eigenvalue weighted by atomic mass is 19.4. The first kappa shape index (κ1) is 23.3. The van der Waals surface area contributed by atoms with Crippen LogP contribution in [0.25, 0.3) is 10.9 Å². The molecule has 1 fully saturated rings. The van der Waals surface area contributed by atoms with Crippen molar-refractivity contribution in [1.29, 1.82) is 0 Å². The van der Waals surface area contributed by atoms with E-state index in [1.807, 2.05) is 18.2 Å². The van der Waals surface area contributed by atoms with E-state index in [-0.39, 0.29) is 12.0 Å². The van der Waals surface area contributed by atoms with Gasteiger partial charge in [0.15, 0.2) is 0 Å². The Balaban J connectivity index is 0.000000360. The normalized spacial score (nSPS) is 18.4. The van der Waals surface area contributed by atoms with Gasteiger partial charge >= 0.3 is 18.3 Å². The minimum atomic E-state index is -5.08. The number of hydrogen-bond acceptors (Lipinski definition) is 3. The maximum atomic E-state index is 12.6. The van der Waals surface area contributed by atoms with Crippen LogP contribution in [0.3, 0.4) is 0 Å². The van der Waals surface area contributed by atoms with Crippen molar-refractivity contribution in [3.8, 4) is 5.75 Å². The molecule has 0 amide bonds. The Morgan fingerprint density at radius 1 is 1.03 bits per heavy atom. The third kappa shape index (κ3) is 5.45. The fourth-order valence-corrected chi connectivity index (χ4v) is 3.27. The van der Waals surface area contributed by atoms with Gasteiger partial charge in [0.25, 0.3) is 0 Å². The topological polar surface area (TPSA) is 88.3 Å². The van der Waals surface area contributed by atoms with Crippen LogP contribution in [0.1, 0.15) is 29.9 Å². The highest BCUT2D eigenvalue weighted by Gasteiger charge is 2.38. The monoisotopic (exact) mass is 460 g/mol. The number of carboxylic acids is 1. The molecular formula is C21H18F6N2O3. The van der Waals surface area contributed by atoms with Crippen molar-refractivity contribution >= 4 is 22.6 Å². The summed E-state index contributed by atoms with van der Waals surface area (Å²) in [5, 5.41) is 8.05. The van der Waals surface area contributed by atoms with Gasteiger partial charge in [0.1, 0.15) is 5.75 Å². The van der Waals surface area contributed by atoms with E-state index in [0.717, 1.165) is 47.2 Å². The standard InChI is InChI=1S/C19H17F3N2O.C2HF3O2/c20-19(21,22)13-3-1-11(2-4-13)12-7-15(8-12)25-14-5-6-18-16(9-14)17(23)10-24-18;3-2(4,5)1(6)7/h1-6,9-10,12,15,24H,7-8,23H2;(H,6,7)/t12-,15+;. The molecule has 11 heteroatoms. The number of carboxylic acid groups (broad SMARTS) is 1. The Hall–Kier alpha value is -3.37. The number of aromatic nitrogens is 1. The molecule has 0 unspecified atom stereocenters. The fraction of sp³-hybridized carbons (Fsp3) is 0.286. The third-order valence-corrected chi connectivity index (χ3v) is 5.03. The average molecular weight is 460 g/mol. The Morgan fingerprint density at radius 2 is 1.62 bits per heavy atom. The number of halogens is 6. The summed E-state index contributed by atoms with van der Waals surface area (Å²) in [5.74, 6) is -1.75. The SMILES string of the molecule is Nc1c[nH]c2ccc(O[C@H]3C[C@@H](c4ccc(C(F)(F)F)cc4)C3)cc12.O=C(O)C(F)(F)F. The lowest BCUT2D eigenvalue weighted by Gasteiger charge is -2.35. The third-order valence-electron chi connectivity index (χ3n) is 5.03. The van der Waals surface area contributed by atoms with Crippen molar-refractivity contribution in [3.63, 3.8) is 0 Å². The number of benzene rings is 2. The van der Waals surface area contributed by atoms with Gasteiger partial charge in [-0.1, -0.05) is 12.1 Å². The number of anilines is 1. The second-order valence-electron chi connectivity index (χ2n) is 7.28. The van der Waals surface area contributed by atoms with Crippen molar-refractivity contribution in [3.05, 3.63) is 59.8 Å². The molecule has 32 heavy (non-hydrogen) atoms. The van der Waals surface area contributed by atoms with Crippen molar-refractivity contribution < 1.29 is 41.0 Å². The van der Waals surface area contributed by atoms with Crippen LogP contribution in [0.5, 0.6) is 5.75 Å². The number of H-pyrrole nitrogens is 1. The Morgan fingerprint density at radius 3 is 2.16 bits per heavy atom. The van der Waals surface area contributed by atoms with Crippen LogP contribution in [0.2, 0.25) is 0 Å². The van der Waals surface area contributed by atoms with Gasteiger partial charge in [0.2, 0.25) is 0 Å². The number of nitrogens with two attached hydrogens (primary N) is 1. The minimum Gasteiger partial charge on any atom is -0.490 e. The summed E-state index contributed by atoms with van der Waals surface area (Å²) in [7, 11) is 0. The molecule has 0 atom stereocenters. The summed E-state index contributed by atoms with van der Waals surface area (Å²) in [4.78, 5) is 12.0. The van der Waals surface area contributed by atoms with Crippen LogP contribution in [-0.4, -0.2) is 28.3 Å². The molecule has 0 spiro atoms. The second-order valence-corrected chi connectivity index (χ2v) is 7.28. The predicted molar refractivity (Wildman–Crippen MR) is 104 cm³/mol. The molecule has 3 aromatic rings. The van der Waals surface area contributed by atoms with E-state index in [1.165, 1.54) is 0 Å². The molecule has 172 valence electrons. The van der Waals surface area contributed by atoms with Crippen molar-refractivity contribution in [2.75, 3.05) is 5.73 Å². The lowest BCUT2D eigenvalue weighted by Crippen LogP contribution is -2.32. The summed E-state index contributed by atoms with van der Waals surface area (Å²) >= 11 is 0. The van der Waals surface area contributed by atoms with Crippen LogP contribution < -0.4 is 10.5 Å². The maximum Gasteiger partial charge on any atom is 0.490 e. The highest BCUT2D eigenvalue weighted by Crippen LogP contribution is 2.40. The first-order valence-electron chi connectivity index (χ1n) is 9.35. The maximum absolute atomic E-state index is 12.6. The summed E-state index contributed by atoms with van der Waals surface area (Å²) in [6.45, 7) is 0. The van der Waals surface area contributed by atoms with E-state index >= 15 is 0 Å². The number of fused-ring (bicyclic) bond motifs is 1. The van der Waals surface area contributed by atoms with Crippen LogP contribution >= 0.6 is 0 Å².